The van der Waals surface area contributed by atoms with Gasteiger partial charge in [-0.25, -0.2) is 0 Å². The molecule has 0 aliphatic rings. The van der Waals surface area contributed by atoms with Gasteiger partial charge >= 0.3 is 0 Å². The largest absolute Gasteiger partial charge is 0.455 e. The number of hydrogen-bond acceptors (Lipinski definition) is 3. The summed E-state index contributed by atoms with van der Waals surface area (Å²) in [6, 6.07) is 16.1. The van der Waals surface area contributed by atoms with Gasteiger partial charge in [0.25, 0.3) is 0 Å². The number of benzene rings is 2. The molecule has 0 amide bonds. The van der Waals surface area contributed by atoms with Gasteiger partial charge in [-0.1, -0.05) is 42.5 Å². The van der Waals surface area contributed by atoms with Crippen molar-refractivity contribution in [2.24, 2.45) is 0 Å². The highest BCUT2D eigenvalue weighted by atomic mass is 16.3. The van der Waals surface area contributed by atoms with Crippen molar-refractivity contribution in [1.82, 2.24) is 0 Å². The van der Waals surface area contributed by atoms with Crippen molar-refractivity contribution in [3.63, 3.8) is 0 Å². The fourth-order valence-electron chi connectivity index (χ4n) is 2.10. The Balaban J connectivity index is 2.33. The zero-order valence-corrected chi connectivity index (χ0v) is 10.2. The summed E-state index contributed by atoms with van der Waals surface area (Å²) in [6.07, 6.45) is 0. The maximum atomic E-state index is 12.1. The minimum Gasteiger partial charge on any atom is -0.455 e. The first-order valence-corrected chi connectivity index (χ1v) is 6.01. The number of aliphatic hydroxyl groups excluding tert-OH is 1. The van der Waals surface area contributed by atoms with Gasteiger partial charge in [0.15, 0.2) is 5.43 Å². The van der Waals surface area contributed by atoms with E-state index in [0.29, 0.717) is 22.3 Å². The van der Waals surface area contributed by atoms with Gasteiger partial charge in [-0.05, 0) is 6.07 Å². The average molecular weight is 252 g/mol. The van der Waals surface area contributed by atoms with E-state index in [1.165, 1.54) is 6.07 Å². The lowest BCUT2D eigenvalue weighted by molar-refractivity contribution is 0.281. The molecule has 0 saturated heterocycles. The third-order valence-corrected chi connectivity index (χ3v) is 3.06. The molecule has 0 radical (unpaired) electrons. The molecule has 0 atom stereocenters. The molecule has 1 heterocycles. The Labute approximate surface area is 109 Å². The fourth-order valence-corrected chi connectivity index (χ4v) is 2.10. The number of rotatable bonds is 2. The first-order valence-electron chi connectivity index (χ1n) is 6.01. The van der Waals surface area contributed by atoms with Crippen LogP contribution in [-0.2, 0) is 6.61 Å². The van der Waals surface area contributed by atoms with Crippen molar-refractivity contribution < 1.29 is 9.52 Å². The molecule has 0 unspecified atom stereocenters. The predicted molar refractivity (Wildman–Crippen MR) is 73.8 cm³/mol. The molecule has 0 spiro atoms. The van der Waals surface area contributed by atoms with Gasteiger partial charge in [-0.3, -0.25) is 4.79 Å². The molecule has 0 fully saturated rings. The molecular weight excluding hydrogens is 240 g/mol. The van der Waals surface area contributed by atoms with E-state index in [1.54, 1.807) is 18.2 Å². The van der Waals surface area contributed by atoms with E-state index in [9.17, 15) is 9.90 Å². The second-order valence-electron chi connectivity index (χ2n) is 4.29. The lowest BCUT2D eigenvalue weighted by Gasteiger charge is -2.05. The van der Waals surface area contributed by atoms with E-state index in [-0.39, 0.29) is 12.0 Å². The molecule has 1 aromatic heterocycles. The maximum Gasteiger partial charge on any atom is 0.193 e. The Hall–Kier alpha value is -2.39. The van der Waals surface area contributed by atoms with Crippen LogP contribution in [0, 0.1) is 0 Å². The van der Waals surface area contributed by atoms with Crippen LogP contribution in [0.5, 0.6) is 0 Å². The highest BCUT2D eigenvalue weighted by Gasteiger charge is 2.09. The zero-order valence-electron chi connectivity index (χ0n) is 10.2. The maximum absolute atomic E-state index is 12.1. The topological polar surface area (TPSA) is 50.4 Å². The summed E-state index contributed by atoms with van der Waals surface area (Å²) in [7, 11) is 0. The standard InChI is InChI=1S/C16H12O3/c17-10-12-7-4-8-13-14(18)9-15(19-16(12)13)11-5-2-1-3-6-11/h1-9,17H,10H2. The highest BCUT2D eigenvalue weighted by Crippen LogP contribution is 2.24. The van der Waals surface area contributed by atoms with E-state index in [4.69, 9.17) is 4.42 Å². The van der Waals surface area contributed by atoms with Crippen molar-refractivity contribution in [3.05, 3.63) is 70.4 Å². The fraction of sp³-hybridized carbons (Fsp3) is 0.0625. The highest BCUT2D eigenvalue weighted by molar-refractivity contribution is 5.81. The van der Waals surface area contributed by atoms with Gasteiger partial charge in [0.05, 0.1) is 12.0 Å². The third-order valence-electron chi connectivity index (χ3n) is 3.06. The van der Waals surface area contributed by atoms with Crippen LogP contribution in [0.1, 0.15) is 5.56 Å². The van der Waals surface area contributed by atoms with Crippen LogP contribution in [0.4, 0.5) is 0 Å². The van der Waals surface area contributed by atoms with E-state index in [1.807, 2.05) is 30.3 Å². The molecule has 1 N–H and O–H groups in total. The SMILES string of the molecule is O=c1cc(-c2ccccc2)oc2c(CO)cccc12. The van der Waals surface area contributed by atoms with Gasteiger partial charge in [-0.15, -0.1) is 0 Å². The van der Waals surface area contributed by atoms with Crippen LogP contribution >= 0.6 is 0 Å². The summed E-state index contributed by atoms with van der Waals surface area (Å²) in [4.78, 5) is 12.1. The molecule has 0 saturated carbocycles. The van der Waals surface area contributed by atoms with Crippen LogP contribution in [0.2, 0.25) is 0 Å². The monoisotopic (exact) mass is 252 g/mol. The summed E-state index contributed by atoms with van der Waals surface area (Å²) in [5, 5.41) is 9.82. The summed E-state index contributed by atoms with van der Waals surface area (Å²) in [5.41, 5.74) is 1.81. The van der Waals surface area contributed by atoms with Crippen molar-refractivity contribution in [2.45, 2.75) is 6.61 Å². The normalized spacial score (nSPS) is 10.8. The van der Waals surface area contributed by atoms with Gasteiger partial charge in [0.2, 0.25) is 0 Å². The van der Waals surface area contributed by atoms with E-state index >= 15 is 0 Å². The van der Waals surface area contributed by atoms with Crippen LogP contribution in [0.15, 0.2) is 63.8 Å². The van der Waals surface area contributed by atoms with Crippen LogP contribution < -0.4 is 5.43 Å². The summed E-state index contributed by atoms with van der Waals surface area (Å²) < 4.78 is 5.79. The van der Waals surface area contributed by atoms with Crippen molar-refractivity contribution in [2.75, 3.05) is 0 Å². The summed E-state index contributed by atoms with van der Waals surface area (Å²) in [6.45, 7) is -0.154. The molecule has 0 bridgehead atoms. The molecule has 3 aromatic rings. The van der Waals surface area contributed by atoms with Crippen LogP contribution in [0.3, 0.4) is 0 Å². The molecule has 19 heavy (non-hydrogen) atoms. The molecule has 3 rings (SSSR count). The summed E-state index contributed by atoms with van der Waals surface area (Å²) >= 11 is 0. The molecule has 3 nitrogen and oxygen atoms in total. The van der Waals surface area contributed by atoms with Crippen LogP contribution in [0.25, 0.3) is 22.3 Å². The average Bonchev–Trinajstić information content (AvgIpc) is 2.47. The number of fused-ring (bicyclic) bond motifs is 1. The Morgan fingerprint density at radius 2 is 1.79 bits per heavy atom. The lowest BCUT2D eigenvalue weighted by Crippen LogP contribution is -2.02. The number of aliphatic hydroxyl groups is 1. The van der Waals surface area contributed by atoms with E-state index in [2.05, 4.69) is 0 Å². The lowest BCUT2D eigenvalue weighted by atomic mass is 10.1. The third kappa shape index (κ3) is 2.04. The molecule has 3 heteroatoms. The van der Waals surface area contributed by atoms with Gasteiger partial charge in [0.1, 0.15) is 11.3 Å². The Morgan fingerprint density at radius 3 is 2.53 bits per heavy atom. The van der Waals surface area contributed by atoms with Crippen LogP contribution in [-0.4, -0.2) is 5.11 Å². The first-order chi connectivity index (χ1) is 9.29. The predicted octanol–water partition coefficient (Wildman–Crippen LogP) is 2.95. The van der Waals surface area contributed by atoms with Gasteiger partial charge in [-0.2, -0.15) is 0 Å². The second kappa shape index (κ2) is 4.71. The zero-order chi connectivity index (χ0) is 13.2. The van der Waals surface area contributed by atoms with Crippen molar-refractivity contribution >= 4 is 11.0 Å². The van der Waals surface area contributed by atoms with Crippen molar-refractivity contribution in [1.29, 1.82) is 0 Å². The number of hydrogen-bond donors (Lipinski definition) is 1. The van der Waals surface area contributed by atoms with Crippen molar-refractivity contribution in [3.8, 4) is 11.3 Å². The quantitative estimate of drug-likeness (QED) is 0.762. The molecular formula is C16H12O3. The molecule has 0 aliphatic heterocycles. The Bertz CT molecular complexity index is 773. The molecule has 2 aromatic carbocycles. The number of para-hydroxylation sites is 1. The minimum atomic E-state index is -0.154. The first kappa shape index (κ1) is 11.7. The molecule has 94 valence electrons. The van der Waals surface area contributed by atoms with Gasteiger partial charge < -0.3 is 9.52 Å². The second-order valence-corrected chi connectivity index (χ2v) is 4.29. The summed E-state index contributed by atoms with van der Waals surface area (Å²) in [5.74, 6) is 0.513. The molecule has 0 aliphatic carbocycles. The van der Waals surface area contributed by atoms with Gasteiger partial charge in [0, 0.05) is 17.2 Å². The Kier molecular flexibility index (Phi) is 2.89. The Morgan fingerprint density at radius 1 is 1.00 bits per heavy atom. The van der Waals surface area contributed by atoms with E-state index < -0.39 is 0 Å². The van der Waals surface area contributed by atoms with E-state index in [0.717, 1.165) is 5.56 Å². The smallest absolute Gasteiger partial charge is 0.193 e. The minimum absolute atomic E-state index is 0.101.